The summed E-state index contributed by atoms with van der Waals surface area (Å²) < 4.78 is 11.0. The van der Waals surface area contributed by atoms with Crippen molar-refractivity contribution < 1.29 is 14.6 Å². The number of aliphatic hydroxyl groups excluding tert-OH is 1. The predicted molar refractivity (Wildman–Crippen MR) is 79.0 cm³/mol. The zero-order valence-electron chi connectivity index (χ0n) is 11.8. The normalized spacial score (nSPS) is 21.9. The zero-order valence-corrected chi connectivity index (χ0v) is 12.6. The Labute approximate surface area is 125 Å². The summed E-state index contributed by atoms with van der Waals surface area (Å²) in [5.41, 5.74) is 0.946. The van der Waals surface area contributed by atoms with E-state index in [-0.39, 0.29) is 6.10 Å². The van der Waals surface area contributed by atoms with Crippen molar-refractivity contribution in [1.29, 1.82) is 0 Å². The van der Waals surface area contributed by atoms with Gasteiger partial charge in [-0.2, -0.15) is 0 Å². The lowest BCUT2D eigenvalue weighted by Crippen LogP contribution is -2.45. The van der Waals surface area contributed by atoms with Crippen LogP contribution in [0.15, 0.2) is 24.3 Å². The molecule has 1 aromatic rings. The van der Waals surface area contributed by atoms with Crippen molar-refractivity contribution >= 4 is 11.6 Å². The molecule has 4 nitrogen and oxygen atoms in total. The monoisotopic (exact) mass is 299 g/mol. The number of aliphatic hydroxyl groups is 1. The molecule has 0 spiro atoms. The molecule has 0 saturated carbocycles. The molecule has 112 valence electrons. The van der Waals surface area contributed by atoms with Crippen molar-refractivity contribution in [2.24, 2.45) is 0 Å². The van der Waals surface area contributed by atoms with Crippen LogP contribution >= 0.6 is 11.6 Å². The number of rotatable bonds is 6. The first-order chi connectivity index (χ1) is 9.65. The van der Waals surface area contributed by atoms with Gasteiger partial charge < -0.3 is 14.6 Å². The van der Waals surface area contributed by atoms with E-state index in [4.69, 9.17) is 21.1 Å². The summed E-state index contributed by atoms with van der Waals surface area (Å²) in [6, 6.07) is 7.58. The number of ether oxygens (including phenoxy) is 2. The fourth-order valence-corrected chi connectivity index (χ4v) is 2.52. The molecule has 2 atom stereocenters. The SMILES string of the molecule is CC1CN(CC(O)COCc2ccccc2Cl)CCO1. The van der Waals surface area contributed by atoms with Gasteiger partial charge in [0.15, 0.2) is 0 Å². The fourth-order valence-electron chi connectivity index (χ4n) is 2.33. The first-order valence-electron chi connectivity index (χ1n) is 6.98. The Balaban J connectivity index is 1.67. The van der Waals surface area contributed by atoms with Crippen LogP contribution in [-0.4, -0.2) is 55.1 Å². The molecule has 2 rings (SSSR count). The maximum absolute atomic E-state index is 9.99. The third-order valence-corrected chi connectivity index (χ3v) is 3.69. The highest BCUT2D eigenvalue weighted by molar-refractivity contribution is 6.31. The number of hydrogen-bond donors (Lipinski definition) is 1. The van der Waals surface area contributed by atoms with E-state index in [2.05, 4.69) is 4.90 Å². The van der Waals surface area contributed by atoms with Gasteiger partial charge in [-0.1, -0.05) is 29.8 Å². The minimum atomic E-state index is -0.484. The van der Waals surface area contributed by atoms with Gasteiger partial charge in [-0.25, -0.2) is 0 Å². The van der Waals surface area contributed by atoms with Gasteiger partial charge in [0, 0.05) is 24.7 Å². The maximum Gasteiger partial charge on any atom is 0.0900 e. The minimum absolute atomic E-state index is 0.236. The Kier molecular flexibility index (Phi) is 6.26. The van der Waals surface area contributed by atoms with Crippen molar-refractivity contribution in [3.63, 3.8) is 0 Å². The topological polar surface area (TPSA) is 41.9 Å². The summed E-state index contributed by atoms with van der Waals surface area (Å²) in [6.07, 6.45) is -0.247. The van der Waals surface area contributed by atoms with E-state index in [1.807, 2.05) is 31.2 Å². The van der Waals surface area contributed by atoms with Crippen LogP contribution in [-0.2, 0) is 16.1 Å². The summed E-state index contributed by atoms with van der Waals surface area (Å²) in [7, 11) is 0. The smallest absolute Gasteiger partial charge is 0.0900 e. The molecule has 0 amide bonds. The maximum atomic E-state index is 9.99. The number of benzene rings is 1. The fraction of sp³-hybridized carbons (Fsp3) is 0.600. The Morgan fingerprint density at radius 2 is 2.30 bits per heavy atom. The van der Waals surface area contributed by atoms with Crippen molar-refractivity contribution in [1.82, 2.24) is 4.90 Å². The number of halogens is 1. The van der Waals surface area contributed by atoms with Gasteiger partial charge in [-0.05, 0) is 18.6 Å². The van der Waals surface area contributed by atoms with E-state index >= 15 is 0 Å². The lowest BCUT2D eigenvalue weighted by Gasteiger charge is -2.32. The molecule has 0 radical (unpaired) electrons. The third-order valence-electron chi connectivity index (χ3n) is 3.32. The largest absolute Gasteiger partial charge is 0.389 e. The van der Waals surface area contributed by atoms with Crippen LogP contribution in [0.25, 0.3) is 0 Å². The van der Waals surface area contributed by atoms with E-state index in [0.717, 1.165) is 25.3 Å². The van der Waals surface area contributed by atoms with Crippen LogP contribution in [0.4, 0.5) is 0 Å². The third kappa shape index (κ3) is 5.04. The van der Waals surface area contributed by atoms with E-state index in [0.29, 0.717) is 24.8 Å². The quantitative estimate of drug-likeness (QED) is 0.872. The number of nitrogens with zero attached hydrogens (tertiary/aromatic N) is 1. The highest BCUT2D eigenvalue weighted by atomic mass is 35.5. The van der Waals surface area contributed by atoms with Gasteiger partial charge in [0.25, 0.3) is 0 Å². The van der Waals surface area contributed by atoms with Gasteiger partial charge in [-0.15, -0.1) is 0 Å². The molecule has 1 aliphatic heterocycles. The van der Waals surface area contributed by atoms with E-state index < -0.39 is 6.10 Å². The van der Waals surface area contributed by atoms with Gasteiger partial charge in [0.1, 0.15) is 0 Å². The molecule has 0 aliphatic carbocycles. The highest BCUT2D eigenvalue weighted by Crippen LogP contribution is 2.15. The standard InChI is InChI=1S/C15H22ClNO3/c1-12-8-17(6-7-20-12)9-14(18)11-19-10-13-4-2-3-5-15(13)16/h2-5,12,14,18H,6-11H2,1H3. The van der Waals surface area contributed by atoms with Gasteiger partial charge in [0.2, 0.25) is 0 Å². The first-order valence-corrected chi connectivity index (χ1v) is 7.36. The summed E-state index contributed by atoms with van der Waals surface area (Å²) in [5, 5.41) is 10.7. The molecule has 1 aromatic carbocycles. The first kappa shape index (κ1) is 15.7. The van der Waals surface area contributed by atoms with Crippen LogP contribution in [0, 0.1) is 0 Å². The molecule has 1 heterocycles. The Morgan fingerprint density at radius 3 is 3.05 bits per heavy atom. The number of β-amino-alcohol motifs (C(OH)–C–C–N with tert-alkyl or cyclic N) is 1. The second kappa shape index (κ2) is 7.96. The van der Waals surface area contributed by atoms with Crippen molar-refractivity contribution in [3.05, 3.63) is 34.9 Å². The summed E-state index contributed by atoms with van der Waals surface area (Å²) in [4.78, 5) is 2.21. The molecule has 1 N–H and O–H groups in total. The second-order valence-corrected chi connectivity index (χ2v) is 5.61. The lowest BCUT2D eigenvalue weighted by atomic mass is 10.2. The Hall–Kier alpha value is -0.650. The summed E-state index contributed by atoms with van der Waals surface area (Å²) in [5.74, 6) is 0. The molecular weight excluding hydrogens is 278 g/mol. The average molecular weight is 300 g/mol. The van der Waals surface area contributed by atoms with Crippen molar-refractivity contribution in [2.75, 3.05) is 32.8 Å². The lowest BCUT2D eigenvalue weighted by molar-refractivity contribution is -0.0455. The number of hydrogen-bond acceptors (Lipinski definition) is 4. The second-order valence-electron chi connectivity index (χ2n) is 5.20. The molecule has 5 heteroatoms. The zero-order chi connectivity index (χ0) is 14.4. The molecule has 20 heavy (non-hydrogen) atoms. The van der Waals surface area contributed by atoms with Crippen LogP contribution in [0.3, 0.4) is 0 Å². The minimum Gasteiger partial charge on any atom is -0.389 e. The average Bonchev–Trinajstić information content (AvgIpc) is 2.41. The van der Waals surface area contributed by atoms with Crippen LogP contribution in [0.2, 0.25) is 5.02 Å². The van der Waals surface area contributed by atoms with Crippen molar-refractivity contribution in [2.45, 2.75) is 25.7 Å². The summed E-state index contributed by atoms with van der Waals surface area (Å²) >= 11 is 6.05. The Bertz CT molecular complexity index is 416. The van der Waals surface area contributed by atoms with Crippen LogP contribution in [0.5, 0.6) is 0 Å². The molecule has 1 aliphatic rings. The van der Waals surface area contributed by atoms with Gasteiger partial charge >= 0.3 is 0 Å². The van der Waals surface area contributed by atoms with Crippen molar-refractivity contribution in [3.8, 4) is 0 Å². The summed E-state index contributed by atoms with van der Waals surface area (Å²) in [6.45, 7) is 5.87. The van der Waals surface area contributed by atoms with E-state index in [1.54, 1.807) is 0 Å². The molecule has 2 unspecified atom stereocenters. The van der Waals surface area contributed by atoms with Crippen LogP contribution in [0.1, 0.15) is 12.5 Å². The highest BCUT2D eigenvalue weighted by Gasteiger charge is 2.19. The molecule has 1 saturated heterocycles. The molecule has 1 fully saturated rings. The predicted octanol–water partition coefficient (Wildman–Crippen LogP) is 1.94. The molecule has 0 bridgehead atoms. The Morgan fingerprint density at radius 1 is 1.50 bits per heavy atom. The van der Waals surface area contributed by atoms with Gasteiger partial charge in [0.05, 0.1) is 32.0 Å². The van der Waals surface area contributed by atoms with E-state index in [1.165, 1.54) is 0 Å². The van der Waals surface area contributed by atoms with Gasteiger partial charge in [-0.3, -0.25) is 4.90 Å². The van der Waals surface area contributed by atoms with E-state index in [9.17, 15) is 5.11 Å². The van der Waals surface area contributed by atoms with Crippen LogP contribution < -0.4 is 0 Å². The molecule has 0 aromatic heterocycles. The number of morpholine rings is 1. The molecular formula is C15H22ClNO3.